The van der Waals surface area contributed by atoms with Crippen molar-refractivity contribution in [3.8, 4) is 5.75 Å². The molecule has 8 heteroatoms. The Morgan fingerprint density at radius 1 is 1.32 bits per heavy atom. The Bertz CT molecular complexity index is 902. The van der Waals surface area contributed by atoms with Crippen LogP contribution in [0, 0.1) is 0 Å². The lowest BCUT2D eigenvalue weighted by molar-refractivity contribution is -0.129. The van der Waals surface area contributed by atoms with E-state index in [1.165, 1.54) is 11.8 Å². The summed E-state index contributed by atoms with van der Waals surface area (Å²) in [5.41, 5.74) is 1.28. The summed E-state index contributed by atoms with van der Waals surface area (Å²) in [6.07, 6.45) is 0.118. The number of amides is 2. The molecule has 1 aliphatic rings. The SMILES string of the molecule is CCN1C(=O)CC(C(=O)Nc2cccc(Cl)c2)SC1=Nc1ccc(OC)cc1. The molecule has 1 heterocycles. The van der Waals surface area contributed by atoms with Crippen molar-refractivity contribution in [2.45, 2.75) is 18.6 Å². The molecule has 1 aliphatic heterocycles. The summed E-state index contributed by atoms with van der Waals surface area (Å²) in [4.78, 5) is 31.4. The molecular weight excluding hydrogens is 398 g/mol. The largest absolute Gasteiger partial charge is 0.497 e. The van der Waals surface area contributed by atoms with E-state index in [2.05, 4.69) is 10.3 Å². The van der Waals surface area contributed by atoms with Crippen LogP contribution >= 0.6 is 23.4 Å². The van der Waals surface area contributed by atoms with Crippen LogP contribution < -0.4 is 10.1 Å². The zero-order chi connectivity index (χ0) is 20.1. The van der Waals surface area contributed by atoms with Crippen LogP contribution in [0.25, 0.3) is 0 Å². The molecule has 28 heavy (non-hydrogen) atoms. The number of benzene rings is 2. The molecule has 1 unspecified atom stereocenters. The number of amidine groups is 1. The second-order valence-corrected chi connectivity index (χ2v) is 7.65. The van der Waals surface area contributed by atoms with Gasteiger partial charge in [0.15, 0.2) is 5.17 Å². The lowest BCUT2D eigenvalue weighted by Gasteiger charge is -2.30. The van der Waals surface area contributed by atoms with Crippen molar-refractivity contribution in [2.24, 2.45) is 4.99 Å². The number of nitrogens with zero attached hydrogens (tertiary/aromatic N) is 2. The molecule has 6 nitrogen and oxygen atoms in total. The Morgan fingerprint density at radius 2 is 2.07 bits per heavy atom. The molecule has 1 fully saturated rings. The van der Waals surface area contributed by atoms with E-state index in [1.54, 1.807) is 60.5 Å². The van der Waals surface area contributed by atoms with Crippen LogP contribution in [0.4, 0.5) is 11.4 Å². The average molecular weight is 418 g/mol. The van der Waals surface area contributed by atoms with Gasteiger partial charge in [0.05, 0.1) is 12.8 Å². The minimum atomic E-state index is -0.564. The number of halogens is 1. The molecule has 1 N–H and O–H groups in total. The average Bonchev–Trinajstić information content (AvgIpc) is 2.68. The van der Waals surface area contributed by atoms with Gasteiger partial charge in [-0.15, -0.1) is 0 Å². The first-order chi connectivity index (χ1) is 13.5. The molecule has 1 saturated heterocycles. The molecule has 146 valence electrons. The molecule has 0 aliphatic carbocycles. The van der Waals surface area contributed by atoms with E-state index in [0.29, 0.717) is 28.1 Å². The monoisotopic (exact) mass is 417 g/mol. The van der Waals surface area contributed by atoms with Gasteiger partial charge in [-0.2, -0.15) is 0 Å². The van der Waals surface area contributed by atoms with Gasteiger partial charge in [0.25, 0.3) is 0 Å². The first kappa shape index (κ1) is 20.2. The Kier molecular flexibility index (Phi) is 6.59. The second kappa shape index (κ2) is 9.12. The molecule has 3 rings (SSSR count). The van der Waals surface area contributed by atoms with E-state index in [1.807, 2.05) is 6.92 Å². The van der Waals surface area contributed by atoms with Crippen LogP contribution in [-0.2, 0) is 9.59 Å². The topological polar surface area (TPSA) is 71.0 Å². The maximum Gasteiger partial charge on any atom is 0.238 e. The molecule has 0 bridgehead atoms. The lowest BCUT2D eigenvalue weighted by atomic mass is 10.2. The van der Waals surface area contributed by atoms with E-state index >= 15 is 0 Å². The molecule has 0 saturated carbocycles. The highest BCUT2D eigenvalue weighted by Gasteiger charge is 2.35. The fourth-order valence-electron chi connectivity index (χ4n) is 2.71. The number of nitrogens with one attached hydrogen (secondary N) is 1. The van der Waals surface area contributed by atoms with Gasteiger partial charge in [-0.1, -0.05) is 29.4 Å². The number of thioether (sulfide) groups is 1. The van der Waals surface area contributed by atoms with Crippen LogP contribution in [0.5, 0.6) is 5.75 Å². The smallest absolute Gasteiger partial charge is 0.238 e. The molecule has 1 atom stereocenters. The Labute approximate surface area is 172 Å². The fourth-order valence-corrected chi connectivity index (χ4v) is 4.06. The predicted octanol–water partition coefficient (Wildman–Crippen LogP) is 4.33. The summed E-state index contributed by atoms with van der Waals surface area (Å²) in [6.45, 7) is 2.37. The maximum absolute atomic E-state index is 12.7. The van der Waals surface area contributed by atoms with Gasteiger partial charge < -0.3 is 10.1 Å². The molecule has 0 spiro atoms. The van der Waals surface area contributed by atoms with Crippen LogP contribution in [0.15, 0.2) is 53.5 Å². The highest BCUT2D eigenvalue weighted by molar-refractivity contribution is 8.15. The fraction of sp³-hybridized carbons (Fsp3) is 0.250. The normalized spacial score (nSPS) is 18.2. The number of rotatable bonds is 5. The standard InChI is InChI=1S/C20H20ClN3O3S/c1-3-24-18(25)12-17(19(26)22-15-6-4-5-13(21)11-15)28-20(24)23-14-7-9-16(27-2)10-8-14/h4-11,17H,3,12H2,1-2H3,(H,22,26). The molecule has 0 radical (unpaired) electrons. The van der Waals surface area contributed by atoms with Crippen molar-refractivity contribution >= 4 is 51.7 Å². The number of carbonyl (C=O) groups excluding carboxylic acids is 2. The zero-order valence-corrected chi connectivity index (χ0v) is 17.1. The van der Waals surface area contributed by atoms with Crippen LogP contribution in [0.3, 0.4) is 0 Å². The van der Waals surface area contributed by atoms with Crippen LogP contribution in [-0.4, -0.2) is 40.8 Å². The van der Waals surface area contributed by atoms with Crippen LogP contribution in [0.1, 0.15) is 13.3 Å². The third-order valence-electron chi connectivity index (χ3n) is 4.14. The Hall–Kier alpha value is -2.51. The van der Waals surface area contributed by atoms with Gasteiger partial charge in [-0.25, -0.2) is 4.99 Å². The van der Waals surface area contributed by atoms with Crippen molar-refractivity contribution < 1.29 is 14.3 Å². The number of hydrogen-bond donors (Lipinski definition) is 1. The number of hydrogen-bond acceptors (Lipinski definition) is 5. The molecular formula is C20H20ClN3O3S. The third kappa shape index (κ3) is 4.85. The number of ether oxygens (including phenoxy) is 1. The minimum Gasteiger partial charge on any atom is -0.497 e. The third-order valence-corrected chi connectivity index (χ3v) is 5.56. The van der Waals surface area contributed by atoms with Crippen molar-refractivity contribution in [1.82, 2.24) is 4.90 Å². The van der Waals surface area contributed by atoms with Gasteiger partial charge in [0, 0.05) is 23.7 Å². The van der Waals surface area contributed by atoms with E-state index in [-0.39, 0.29) is 18.2 Å². The highest BCUT2D eigenvalue weighted by atomic mass is 35.5. The maximum atomic E-state index is 12.7. The van der Waals surface area contributed by atoms with Gasteiger partial charge in [0.1, 0.15) is 11.0 Å². The number of carbonyl (C=O) groups is 2. The van der Waals surface area contributed by atoms with Gasteiger partial charge >= 0.3 is 0 Å². The molecule has 0 aromatic heterocycles. The zero-order valence-electron chi connectivity index (χ0n) is 15.5. The van der Waals surface area contributed by atoms with Crippen molar-refractivity contribution in [3.63, 3.8) is 0 Å². The molecule has 2 aromatic rings. The number of methoxy groups -OCH3 is 1. The summed E-state index contributed by atoms with van der Waals surface area (Å²) in [5, 5.41) is 3.30. The summed E-state index contributed by atoms with van der Waals surface area (Å²) in [5.74, 6) is 0.348. The summed E-state index contributed by atoms with van der Waals surface area (Å²) in [7, 11) is 1.60. The van der Waals surface area contributed by atoms with Gasteiger partial charge in [-0.3, -0.25) is 14.5 Å². The minimum absolute atomic E-state index is 0.118. The molecule has 2 amide bonds. The van der Waals surface area contributed by atoms with Gasteiger partial charge in [-0.05, 0) is 49.4 Å². The van der Waals surface area contributed by atoms with Crippen molar-refractivity contribution in [3.05, 3.63) is 53.6 Å². The first-order valence-electron chi connectivity index (χ1n) is 8.76. The van der Waals surface area contributed by atoms with E-state index in [4.69, 9.17) is 16.3 Å². The lowest BCUT2D eigenvalue weighted by Crippen LogP contribution is -2.45. The van der Waals surface area contributed by atoms with Crippen LogP contribution in [0.2, 0.25) is 5.02 Å². The number of aliphatic imine (C=N–C) groups is 1. The Morgan fingerprint density at radius 3 is 2.71 bits per heavy atom. The van der Waals surface area contributed by atoms with E-state index in [9.17, 15) is 9.59 Å². The van der Waals surface area contributed by atoms with Crippen molar-refractivity contribution in [1.29, 1.82) is 0 Å². The quantitative estimate of drug-likeness (QED) is 0.786. The highest BCUT2D eigenvalue weighted by Crippen LogP contribution is 2.30. The molecule has 2 aromatic carbocycles. The van der Waals surface area contributed by atoms with Gasteiger partial charge in [0.2, 0.25) is 11.8 Å². The van der Waals surface area contributed by atoms with Crippen molar-refractivity contribution in [2.75, 3.05) is 19.0 Å². The summed E-state index contributed by atoms with van der Waals surface area (Å²) >= 11 is 7.25. The van der Waals surface area contributed by atoms with E-state index < -0.39 is 5.25 Å². The number of anilines is 1. The van der Waals surface area contributed by atoms with E-state index in [0.717, 1.165) is 5.75 Å². The predicted molar refractivity (Wildman–Crippen MR) is 114 cm³/mol. The summed E-state index contributed by atoms with van der Waals surface area (Å²) in [6, 6.07) is 14.1. The first-order valence-corrected chi connectivity index (χ1v) is 10.0. The Balaban J connectivity index is 1.79. The summed E-state index contributed by atoms with van der Waals surface area (Å²) < 4.78 is 5.15. The second-order valence-electron chi connectivity index (χ2n) is 6.04.